The standard InChI is InChI=1S/C18H33N3O14/c19-6-9(25)11(4(1-22)30-14(6)28)32-15-7(20)10(26)12(5(2-23)31-15)33-16-8(21)13(27)18(29)17(3-24,34-16)35-18/h4-16,22-29H,1-3,19-21H2/t4-,5-,6-,7-,8-,9-,10-,11?,12?,13-,14-,15+,16+,17-,18+/m1/s1. The van der Waals surface area contributed by atoms with Gasteiger partial charge in [-0.2, -0.15) is 0 Å². The van der Waals surface area contributed by atoms with Crippen molar-refractivity contribution in [3.8, 4) is 0 Å². The van der Waals surface area contributed by atoms with Gasteiger partial charge in [0.1, 0.15) is 49.3 Å². The molecular formula is C18H33N3O14. The molecule has 0 aromatic heterocycles. The van der Waals surface area contributed by atoms with Gasteiger partial charge in [-0.25, -0.2) is 0 Å². The summed E-state index contributed by atoms with van der Waals surface area (Å²) in [6.45, 7) is -2.23. The fourth-order valence-electron chi connectivity index (χ4n) is 4.56. The van der Waals surface area contributed by atoms with Crippen molar-refractivity contribution in [2.75, 3.05) is 19.8 Å². The monoisotopic (exact) mass is 515 g/mol. The summed E-state index contributed by atoms with van der Waals surface area (Å²) in [6, 6.07) is -4.04. The number of rotatable bonds is 7. The molecule has 0 aromatic carbocycles. The lowest BCUT2D eigenvalue weighted by Gasteiger charge is -2.48. The van der Waals surface area contributed by atoms with Crippen molar-refractivity contribution in [1.29, 1.82) is 0 Å². The van der Waals surface area contributed by atoms with Gasteiger partial charge in [-0.3, -0.25) is 0 Å². The summed E-state index contributed by atoms with van der Waals surface area (Å²) in [5.41, 5.74) is 17.6. The van der Waals surface area contributed by atoms with E-state index in [9.17, 15) is 40.9 Å². The lowest BCUT2D eigenvalue weighted by Crippen LogP contribution is -2.69. The number of fused-ring (bicyclic) bond motifs is 1. The molecule has 15 atom stereocenters. The van der Waals surface area contributed by atoms with Crippen molar-refractivity contribution in [2.45, 2.75) is 91.3 Å². The number of aliphatic hydroxyl groups is 8. The van der Waals surface area contributed by atoms with Gasteiger partial charge in [-0.05, 0) is 0 Å². The van der Waals surface area contributed by atoms with E-state index in [4.69, 9.17) is 45.6 Å². The Labute approximate surface area is 198 Å². The summed E-state index contributed by atoms with van der Waals surface area (Å²) in [6.07, 6.45) is -14.6. The summed E-state index contributed by atoms with van der Waals surface area (Å²) in [5.74, 6) is -4.23. The molecule has 4 saturated heterocycles. The topological polar surface area (TPSA) is 299 Å². The zero-order chi connectivity index (χ0) is 25.9. The number of hydrogen-bond acceptors (Lipinski definition) is 17. The number of hydrogen-bond donors (Lipinski definition) is 11. The van der Waals surface area contributed by atoms with Crippen LogP contribution in [0.25, 0.3) is 0 Å². The fourth-order valence-corrected chi connectivity index (χ4v) is 4.56. The molecule has 4 rings (SSSR count). The molecule has 204 valence electrons. The SMILES string of the molecule is N[C@H]1[C@@H](OC2[C@@H](CO)O[C@@H](OC3[C@@H](CO)O[C@@H](O)[C@H](N)[C@H]3O)[C@H](N)[C@H]2O)O[C@]2(CO)O[C@@]2(O)[C@@H]1O. The van der Waals surface area contributed by atoms with Crippen LogP contribution in [0.5, 0.6) is 0 Å². The van der Waals surface area contributed by atoms with E-state index in [1.807, 2.05) is 0 Å². The molecule has 14 N–H and O–H groups in total. The van der Waals surface area contributed by atoms with E-state index in [-0.39, 0.29) is 0 Å². The molecule has 0 bridgehead atoms. The van der Waals surface area contributed by atoms with Crippen LogP contribution in [0.15, 0.2) is 0 Å². The molecule has 0 aromatic rings. The summed E-state index contributed by atoms with van der Waals surface area (Å²) in [4.78, 5) is 0. The second kappa shape index (κ2) is 9.89. The first-order valence-corrected chi connectivity index (χ1v) is 11.0. The average molecular weight is 515 g/mol. The van der Waals surface area contributed by atoms with Gasteiger partial charge in [0.05, 0.1) is 31.3 Å². The van der Waals surface area contributed by atoms with E-state index in [1.54, 1.807) is 0 Å². The summed E-state index contributed by atoms with van der Waals surface area (Å²) >= 11 is 0. The van der Waals surface area contributed by atoms with E-state index < -0.39 is 111 Å². The second-order valence-electron chi connectivity index (χ2n) is 9.03. The van der Waals surface area contributed by atoms with Crippen LogP contribution in [-0.2, 0) is 28.4 Å². The smallest absolute Gasteiger partial charge is 0.255 e. The van der Waals surface area contributed by atoms with Crippen molar-refractivity contribution >= 4 is 0 Å². The van der Waals surface area contributed by atoms with E-state index in [1.165, 1.54) is 0 Å². The maximum atomic E-state index is 10.8. The van der Waals surface area contributed by atoms with Crippen LogP contribution in [0.1, 0.15) is 0 Å². The number of ether oxygens (including phenoxy) is 6. The third-order valence-electron chi connectivity index (χ3n) is 6.82. The van der Waals surface area contributed by atoms with Crippen LogP contribution < -0.4 is 17.2 Å². The molecule has 0 spiro atoms. The third-order valence-corrected chi connectivity index (χ3v) is 6.82. The van der Waals surface area contributed by atoms with E-state index >= 15 is 0 Å². The number of nitrogens with two attached hydrogens (primary N) is 3. The minimum absolute atomic E-state index is 0.661. The molecule has 17 nitrogen and oxygen atoms in total. The molecule has 17 heteroatoms. The highest BCUT2D eigenvalue weighted by atomic mass is 16.9. The van der Waals surface area contributed by atoms with Gasteiger partial charge in [0.25, 0.3) is 11.6 Å². The molecular weight excluding hydrogens is 482 g/mol. The maximum absolute atomic E-state index is 10.8. The average Bonchev–Trinajstić information content (AvgIpc) is 3.47. The number of epoxide rings is 1. The van der Waals surface area contributed by atoms with Crippen molar-refractivity contribution < 1.29 is 69.3 Å². The Morgan fingerprint density at radius 2 is 1.29 bits per heavy atom. The predicted molar refractivity (Wildman–Crippen MR) is 106 cm³/mol. The Balaban J connectivity index is 1.46. The Morgan fingerprint density at radius 3 is 1.86 bits per heavy atom. The van der Waals surface area contributed by atoms with Gasteiger partial charge in [-0.15, -0.1) is 0 Å². The molecule has 0 amide bonds. The highest BCUT2D eigenvalue weighted by molar-refractivity contribution is 5.13. The summed E-state index contributed by atoms with van der Waals surface area (Å²) in [5, 5.41) is 80.4. The van der Waals surface area contributed by atoms with Crippen LogP contribution >= 0.6 is 0 Å². The highest BCUT2D eigenvalue weighted by Gasteiger charge is 2.80. The zero-order valence-electron chi connectivity index (χ0n) is 18.4. The van der Waals surface area contributed by atoms with Gasteiger partial charge in [0.15, 0.2) is 18.9 Å². The van der Waals surface area contributed by atoms with Gasteiger partial charge < -0.3 is 86.5 Å². The summed E-state index contributed by atoms with van der Waals surface area (Å²) < 4.78 is 32.4. The van der Waals surface area contributed by atoms with Gasteiger partial charge in [0, 0.05) is 0 Å². The van der Waals surface area contributed by atoms with Crippen molar-refractivity contribution in [2.24, 2.45) is 17.2 Å². The van der Waals surface area contributed by atoms with Crippen LogP contribution in [-0.4, -0.2) is 152 Å². The van der Waals surface area contributed by atoms with Gasteiger partial charge in [-0.1, -0.05) is 0 Å². The molecule has 4 heterocycles. The quantitative estimate of drug-likeness (QED) is 0.140. The van der Waals surface area contributed by atoms with E-state index in [0.717, 1.165) is 0 Å². The Morgan fingerprint density at radius 1 is 0.743 bits per heavy atom. The predicted octanol–water partition coefficient (Wildman–Crippen LogP) is -7.99. The van der Waals surface area contributed by atoms with E-state index in [2.05, 4.69) is 0 Å². The first kappa shape index (κ1) is 27.4. The van der Waals surface area contributed by atoms with Gasteiger partial charge >= 0.3 is 0 Å². The Kier molecular flexibility index (Phi) is 7.73. The highest BCUT2D eigenvalue weighted by Crippen LogP contribution is 2.54. The number of aliphatic hydroxyl groups excluding tert-OH is 7. The van der Waals surface area contributed by atoms with Crippen LogP contribution in [0.4, 0.5) is 0 Å². The molecule has 2 unspecified atom stereocenters. The molecule has 4 fully saturated rings. The molecule has 35 heavy (non-hydrogen) atoms. The van der Waals surface area contributed by atoms with Crippen LogP contribution in [0.3, 0.4) is 0 Å². The largest absolute Gasteiger partial charge is 0.394 e. The van der Waals surface area contributed by atoms with Crippen molar-refractivity contribution in [3.63, 3.8) is 0 Å². The lowest BCUT2D eigenvalue weighted by atomic mass is 9.94. The molecule has 0 radical (unpaired) electrons. The lowest BCUT2D eigenvalue weighted by molar-refractivity contribution is -0.349. The van der Waals surface area contributed by atoms with E-state index in [0.29, 0.717) is 0 Å². The minimum Gasteiger partial charge on any atom is -0.394 e. The first-order valence-electron chi connectivity index (χ1n) is 11.0. The minimum atomic E-state index is -2.24. The fraction of sp³-hybridized carbons (Fsp3) is 1.00. The zero-order valence-corrected chi connectivity index (χ0v) is 18.4. The normalized spacial score (nSPS) is 56.5. The Hall–Kier alpha value is -0.680. The maximum Gasteiger partial charge on any atom is 0.255 e. The molecule has 0 aliphatic carbocycles. The Bertz CT molecular complexity index is 751. The molecule has 4 aliphatic rings. The summed E-state index contributed by atoms with van der Waals surface area (Å²) in [7, 11) is 0. The van der Waals surface area contributed by atoms with Crippen molar-refractivity contribution in [1.82, 2.24) is 0 Å². The first-order chi connectivity index (χ1) is 16.4. The van der Waals surface area contributed by atoms with Crippen LogP contribution in [0.2, 0.25) is 0 Å². The second-order valence-corrected chi connectivity index (χ2v) is 9.03. The van der Waals surface area contributed by atoms with Crippen molar-refractivity contribution in [3.05, 3.63) is 0 Å². The van der Waals surface area contributed by atoms with Gasteiger partial charge in [0.2, 0.25) is 0 Å². The molecule has 0 saturated carbocycles. The molecule has 4 aliphatic heterocycles. The van der Waals surface area contributed by atoms with Crippen LogP contribution in [0, 0.1) is 0 Å². The third kappa shape index (κ3) is 4.39.